The maximum absolute atomic E-state index is 14.1. The van der Waals surface area contributed by atoms with Crippen LogP contribution in [0.25, 0.3) is 16.6 Å². The summed E-state index contributed by atoms with van der Waals surface area (Å²) < 4.78 is 15.7. The number of nitrogens with one attached hydrogen (secondary N) is 3. The minimum absolute atomic E-state index is 0.0888. The van der Waals surface area contributed by atoms with Gasteiger partial charge in [-0.25, -0.2) is 4.39 Å². The number of carbonyl (C=O) groups excluding carboxylic acids is 1. The van der Waals surface area contributed by atoms with Crippen LogP contribution < -0.4 is 16.4 Å². The number of fused-ring (bicyclic) bond motifs is 1. The van der Waals surface area contributed by atoms with Gasteiger partial charge in [0.15, 0.2) is 0 Å². The van der Waals surface area contributed by atoms with E-state index in [1.807, 2.05) is 6.92 Å². The van der Waals surface area contributed by atoms with Crippen LogP contribution in [0, 0.1) is 17.2 Å². The number of alkyl halides is 1. The molecule has 1 saturated heterocycles. The van der Waals surface area contributed by atoms with Gasteiger partial charge in [-0.2, -0.15) is 5.10 Å². The molecule has 1 aliphatic heterocycles. The number of carbonyl (C=O) groups is 1. The van der Waals surface area contributed by atoms with Gasteiger partial charge in [0.05, 0.1) is 35.3 Å². The SMILES string of the molecule is CC(C(=O)N/C(C=N)=C(/N)c1cc2c(cn1)cnn2CC(C)(C)F)C1CCNCC1. The van der Waals surface area contributed by atoms with Crippen molar-refractivity contribution in [1.82, 2.24) is 25.4 Å². The number of halogens is 1. The monoisotopic (exact) mass is 415 g/mol. The van der Waals surface area contributed by atoms with Gasteiger partial charge >= 0.3 is 0 Å². The molecular weight excluding hydrogens is 385 g/mol. The van der Waals surface area contributed by atoms with Crippen molar-refractivity contribution in [1.29, 1.82) is 5.41 Å². The Bertz CT molecular complexity index is 954. The molecule has 0 saturated carbocycles. The van der Waals surface area contributed by atoms with Crippen LogP contribution in [0.5, 0.6) is 0 Å². The second-order valence-corrected chi connectivity index (χ2v) is 8.49. The molecule has 0 radical (unpaired) electrons. The van der Waals surface area contributed by atoms with Crippen molar-refractivity contribution in [2.45, 2.75) is 45.8 Å². The maximum atomic E-state index is 14.1. The van der Waals surface area contributed by atoms with Gasteiger partial charge in [0.1, 0.15) is 5.67 Å². The van der Waals surface area contributed by atoms with E-state index in [0.29, 0.717) is 17.1 Å². The van der Waals surface area contributed by atoms with E-state index in [-0.39, 0.29) is 29.8 Å². The molecule has 0 bridgehead atoms. The van der Waals surface area contributed by atoms with Gasteiger partial charge < -0.3 is 21.8 Å². The molecule has 2 aromatic rings. The molecule has 1 unspecified atom stereocenters. The van der Waals surface area contributed by atoms with E-state index in [9.17, 15) is 9.18 Å². The second-order valence-electron chi connectivity index (χ2n) is 8.49. The molecule has 2 aromatic heterocycles. The molecule has 8 nitrogen and oxygen atoms in total. The quantitative estimate of drug-likeness (QED) is 0.517. The summed E-state index contributed by atoms with van der Waals surface area (Å²) in [6.07, 6.45) is 6.14. The molecule has 0 aromatic carbocycles. The maximum Gasteiger partial charge on any atom is 0.227 e. The zero-order valence-corrected chi connectivity index (χ0v) is 17.7. The number of nitrogens with two attached hydrogens (primary N) is 1. The van der Waals surface area contributed by atoms with Crippen molar-refractivity contribution in [3.8, 4) is 0 Å². The van der Waals surface area contributed by atoms with E-state index >= 15 is 0 Å². The Hall–Kier alpha value is -2.81. The van der Waals surface area contributed by atoms with E-state index < -0.39 is 5.67 Å². The topological polar surface area (TPSA) is 122 Å². The Morgan fingerprint density at radius 3 is 2.80 bits per heavy atom. The Labute approximate surface area is 175 Å². The van der Waals surface area contributed by atoms with Crippen LogP contribution >= 0.6 is 0 Å². The third-order valence-corrected chi connectivity index (χ3v) is 5.52. The molecule has 1 aliphatic rings. The molecular formula is C21H30FN7O. The van der Waals surface area contributed by atoms with E-state index in [1.165, 1.54) is 13.8 Å². The summed E-state index contributed by atoms with van der Waals surface area (Å²) in [5.74, 6) is -0.0421. The van der Waals surface area contributed by atoms with Gasteiger partial charge in [-0.05, 0) is 51.8 Å². The number of aromatic nitrogens is 3. The highest BCUT2D eigenvalue weighted by Crippen LogP contribution is 2.23. The third-order valence-electron chi connectivity index (χ3n) is 5.52. The predicted molar refractivity (Wildman–Crippen MR) is 116 cm³/mol. The Kier molecular flexibility index (Phi) is 6.50. The summed E-state index contributed by atoms with van der Waals surface area (Å²) in [6, 6.07) is 1.70. The number of nitrogens with zero attached hydrogens (tertiary/aromatic N) is 3. The summed E-state index contributed by atoms with van der Waals surface area (Å²) in [5, 5.41) is 18.8. The second kappa shape index (κ2) is 8.91. The van der Waals surface area contributed by atoms with Crippen LogP contribution in [0.1, 0.15) is 39.3 Å². The van der Waals surface area contributed by atoms with Crippen LogP contribution in [0.3, 0.4) is 0 Å². The number of pyridine rings is 1. The van der Waals surface area contributed by atoms with E-state index in [2.05, 4.69) is 20.7 Å². The van der Waals surface area contributed by atoms with Gasteiger partial charge in [-0.3, -0.25) is 14.5 Å². The molecule has 3 rings (SSSR count). The summed E-state index contributed by atoms with van der Waals surface area (Å²) in [4.78, 5) is 17.1. The number of hydrogen-bond donors (Lipinski definition) is 4. The predicted octanol–water partition coefficient (Wildman–Crippen LogP) is 2.21. The van der Waals surface area contributed by atoms with Gasteiger partial charge in [-0.1, -0.05) is 6.92 Å². The smallest absolute Gasteiger partial charge is 0.227 e. The van der Waals surface area contributed by atoms with Crippen LogP contribution in [0.15, 0.2) is 24.2 Å². The molecule has 162 valence electrons. The van der Waals surface area contributed by atoms with Crippen molar-refractivity contribution < 1.29 is 9.18 Å². The van der Waals surface area contributed by atoms with Gasteiger partial charge in [0.2, 0.25) is 5.91 Å². The Morgan fingerprint density at radius 2 is 2.17 bits per heavy atom. The summed E-state index contributed by atoms with van der Waals surface area (Å²) in [7, 11) is 0. The highest BCUT2D eigenvalue weighted by atomic mass is 19.1. The summed E-state index contributed by atoms with van der Waals surface area (Å²) in [5.41, 5.74) is 6.29. The lowest BCUT2D eigenvalue weighted by atomic mass is 9.85. The van der Waals surface area contributed by atoms with Crippen LogP contribution in [-0.4, -0.2) is 45.6 Å². The molecule has 3 heterocycles. The van der Waals surface area contributed by atoms with E-state index in [1.54, 1.807) is 23.1 Å². The molecule has 9 heteroatoms. The lowest BCUT2D eigenvalue weighted by molar-refractivity contribution is -0.125. The lowest BCUT2D eigenvalue weighted by Gasteiger charge is -2.27. The molecule has 1 fully saturated rings. The first-order valence-corrected chi connectivity index (χ1v) is 10.2. The molecule has 30 heavy (non-hydrogen) atoms. The van der Waals surface area contributed by atoms with Crippen molar-refractivity contribution in [2.24, 2.45) is 17.6 Å². The first-order valence-electron chi connectivity index (χ1n) is 10.2. The van der Waals surface area contributed by atoms with Gasteiger partial charge in [-0.15, -0.1) is 0 Å². The Morgan fingerprint density at radius 1 is 1.47 bits per heavy atom. The average Bonchev–Trinajstić information content (AvgIpc) is 3.11. The summed E-state index contributed by atoms with van der Waals surface area (Å²) in [6.45, 7) is 6.79. The minimum atomic E-state index is -1.43. The summed E-state index contributed by atoms with van der Waals surface area (Å²) >= 11 is 0. The van der Waals surface area contributed by atoms with Crippen LogP contribution in [-0.2, 0) is 11.3 Å². The van der Waals surface area contributed by atoms with Gasteiger partial charge in [0.25, 0.3) is 0 Å². The first-order chi connectivity index (χ1) is 14.2. The fraction of sp³-hybridized carbons (Fsp3) is 0.524. The standard InChI is InChI=1S/C21H30FN7O/c1-13(14-4-6-25-7-5-14)20(30)28-17(9-23)19(24)16-8-18-15(10-26-16)11-27-29(18)12-21(2,3)22/h8-11,13-14,23,25H,4-7,12,24H2,1-3H3,(H,28,30)/b19-17+,23-9?. The number of amides is 1. The zero-order chi connectivity index (χ0) is 21.9. The van der Waals surface area contributed by atoms with Crippen molar-refractivity contribution in [2.75, 3.05) is 13.1 Å². The zero-order valence-electron chi connectivity index (χ0n) is 17.7. The van der Waals surface area contributed by atoms with Crippen LogP contribution in [0.4, 0.5) is 4.39 Å². The number of hydrogen-bond acceptors (Lipinski definition) is 6. The molecule has 1 amide bonds. The third kappa shape index (κ3) is 5.02. The average molecular weight is 416 g/mol. The molecule has 0 aliphatic carbocycles. The lowest BCUT2D eigenvalue weighted by Crippen LogP contribution is -2.38. The first kappa shape index (κ1) is 21.9. The minimum Gasteiger partial charge on any atom is -0.395 e. The van der Waals surface area contributed by atoms with Crippen molar-refractivity contribution >= 4 is 28.7 Å². The Balaban J connectivity index is 1.84. The number of piperidine rings is 1. The fourth-order valence-corrected chi connectivity index (χ4v) is 3.73. The van der Waals surface area contributed by atoms with Crippen molar-refractivity contribution in [3.05, 3.63) is 29.9 Å². The number of allylic oxidation sites excluding steroid dienone is 1. The molecule has 0 spiro atoms. The van der Waals surface area contributed by atoms with Crippen LogP contribution in [0.2, 0.25) is 0 Å². The van der Waals surface area contributed by atoms with Crippen molar-refractivity contribution in [3.63, 3.8) is 0 Å². The van der Waals surface area contributed by atoms with E-state index in [0.717, 1.165) is 37.5 Å². The number of rotatable bonds is 7. The largest absolute Gasteiger partial charge is 0.395 e. The van der Waals surface area contributed by atoms with E-state index in [4.69, 9.17) is 11.1 Å². The molecule has 1 atom stereocenters. The molecule has 5 N–H and O–H groups in total. The normalized spacial score (nSPS) is 17.5. The van der Waals surface area contributed by atoms with Gasteiger partial charge in [0, 0.05) is 23.7 Å². The fourth-order valence-electron chi connectivity index (χ4n) is 3.73. The highest BCUT2D eigenvalue weighted by Gasteiger charge is 2.26. The highest BCUT2D eigenvalue weighted by molar-refractivity contribution is 5.95.